The average Bonchev–Trinajstić information content (AvgIpc) is 2.76. The molecule has 6 heteroatoms. The molecule has 1 aliphatic rings. The fourth-order valence-electron chi connectivity index (χ4n) is 2.55. The van der Waals surface area contributed by atoms with Gasteiger partial charge in [-0.2, -0.15) is 0 Å². The van der Waals surface area contributed by atoms with E-state index in [1.165, 1.54) is 0 Å². The second-order valence-electron chi connectivity index (χ2n) is 5.14. The SMILES string of the molecule is COCCCCNC(=O)NC1(CC(=O)O)CCCC1. The first-order valence-corrected chi connectivity index (χ1v) is 6.85. The van der Waals surface area contributed by atoms with Crippen LogP contribution in [0.3, 0.4) is 0 Å². The van der Waals surface area contributed by atoms with E-state index in [2.05, 4.69) is 10.6 Å². The van der Waals surface area contributed by atoms with Crippen molar-refractivity contribution in [3.8, 4) is 0 Å². The number of hydrogen-bond donors (Lipinski definition) is 3. The van der Waals surface area contributed by atoms with Gasteiger partial charge in [0.2, 0.25) is 0 Å². The Hall–Kier alpha value is -1.30. The van der Waals surface area contributed by atoms with Crippen molar-refractivity contribution >= 4 is 12.0 Å². The third kappa shape index (κ3) is 5.92. The maximum absolute atomic E-state index is 11.8. The summed E-state index contributed by atoms with van der Waals surface area (Å²) >= 11 is 0. The Morgan fingerprint density at radius 2 is 1.95 bits per heavy atom. The van der Waals surface area contributed by atoms with E-state index in [0.717, 1.165) is 38.5 Å². The lowest BCUT2D eigenvalue weighted by Gasteiger charge is -2.28. The maximum Gasteiger partial charge on any atom is 0.315 e. The molecule has 0 aromatic rings. The van der Waals surface area contributed by atoms with Crippen LogP contribution in [0.4, 0.5) is 4.79 Å². The van der Waals surface area contributed by atoms with Crippen LogP contribution in [0.5, 0.6) is 0 Å². The molecule has 0 spiro atoms. The van der Waals surface area contributed by atoms with E-state index in [1.54, 1.807) is 7.11 Å². The number of unbranched alkanes of at least 4 members (excludes halogenated alkanes) is 1. The quantitative estimate of drug-likeness (QED) is 0.584. The number of methoxy groups -OCH3 is 1. The zero-order chi connectivity index (χ0) is 14.1. The number of rotatable bonds is 8. The van der Waals surface area contributed by atoms with Gasteiger partial charge in [-0.25, -0.2) is 4.79 Å². The molecule has 3 N–H and O–H groups in total. The third-order valence-corrected chi connectivity index (χ3v) is 3.49. The van der Waals surface area contributed by atoms with Gasteiger partial charge in [-0.1, -0.05) is 12.8 Å². The molecule has 1 aliphatic carbocycles. The molecule has 0 aliphatic heterocycles. The van der Waals surface area contributed by atoms with Crippen LogP contribution in [0.2, 0.25) is 0 Å². The van der Waals surface area contributed by atoms with Crippen LogP contribution in [0.25, 0.3) is 0 Å². The fourth-order valence-corrected chi connectivity index (χ4v) is 2.55. The Bertz CT molecular complexity index is 301. The highest BCUT2D eigenvalue weighted by atomic mass is 16.5. The first kappa shape index (κ1) is 15.8. The highest BCUT2D eigenvalue weighted by Gasteiger charge is 2.37. The summed E-state index contributed by atoms with van der Waals surface area (Å²) in [6, 6.07) is -0.263. The van der Waals surface area contributed by atoms with Crippen molar-refractivity contribution in [1.82, 2.24) is 10.6 Å². The molecular weight excluding hydrogens is 248 g/mol. The van der Waals surface area contributed by atoms with Crippen molar-refractivity contribution < 1.29 is 19.4 Å². The van der Waals surface area contributed by atoms with E-state index < -0.39 is 11.5 Å². The first-order valence-electron chi connectivity index (χ1n) is 6.85. The molecule has 0 aromatic heterocycles. The predicted molar refractivity (Wildman–Crippen MR) is 71.1 cm³/mol. The van der Waals surface area contributed by atoms with Crippen LogP contribution in [0, 0.1) is 0 Å². The molecule has 0 radical (unpaired) electrons. The van der Waals surface area contributed by atoms with Crippen molar-refractivity contribution in [2.24, 2.45) is 0 Å². The smallest absolute Gasteiger partial charge is 0.315 e. The van der Waals surface area contributed by atoms with Gasteiger partial charge in [-0.3, -0.25) is 4.79 Å². The molecule has 0 heterocycles. The predicted octanol–water partition coefficient (Wildman–Crippen LogP) is 1.50. The fraction of sp³-hybridized carbons (Fsp3) is 0.846. The van der Waals surface area contributed by atoms with Crippen molar-refractivity contribution in [1.29, 1.82) is 0 Å². The standard InChI is InChI=1S/C13H24N2O4/c1-19-9-5-4-8-14-12(18)15-13(10-11(16)17)6-2-3-7-13/h2-10H2,1H3,(H,16,17)(H2,14,15,18). The van der Waals surface area contributed by atoms with Crippen molar-refractivity contribution in [2.75, 3.05) is 20.3 Å². The molecule has 0 atom stereocenters. The second kappa shape index (κ2) is 7.99. The zero-order valence-corrected chi connectivity index (χ0v) is 11.5. The summed E-state index contributed by atoms with van der Waals surface area (Å²) in [7, 11) is 1.65. The van der Waals surface area contributed by atoms with Crippen LogP contribution in [-0.4, -0.2) is 42.9 Å². The number of carboxylic acids is 1. The monoisotopic (exact) mass is 272 g/mol. The van der Waals surface area contributed by atoms with Gasteiger partial charge in [0.05, 0.1) is 12.0 Å². The summed E-state index contributed by atoms with van der Waals surface area (Å²) in [5.74, 6) is -0.859. The second-order valence-corrected chi connectivity index (χ2v) is 5.14. The van der Waals surface area contributed by atoms with Gasteiger partial charge in [0.25, 0.3) is 0 Å². The van der Waals surface area contributed by atoms with E-state index in [-0.39, 0.29) is 12.5 Å². The summed E-state index contributed by atoms with van der Waals surface area (Å²) in [5.41, 5.74) is -0.553. The molecule has 6 nitrogen and oxygen atoms in total. The molecule has 1 rings (SSSR count). The van der Waals surface area contributed by atoms with Crippen molar-refractivity contribution in [3.05, 3.63) is 0 Å². The Labute approximate surface area is 113 Å². The minimum absolute atomic E-state index is 0.00406. The van der Waals surface area contributed by atoms with Crippen molar-refractivity contribution in [2.45, 2.75) is 50.5 Å². The Morgan fingerprint density at radius 1 is 1.26 bits per heavy atom. The molecular formula is C13H24N2O4. The number of carbonyl (C=O) groups is 2. The molecule has 0 bridgehead atoms. The summed E-state index contributed by atoms with van der Waals surface area (Å²) in [4.78, 5) is 22.7. The number of urea groups is 1. The summed E-state index contributed by atoms with van der Waals surface area (Å²) in [6.45, 7) is 1.27. The van der Waals surface area contributed by atoms with Crippen LogP contribution >= 0.6 is 0 Å². The number of amides is 2. The molecule has 19 heavy (non-hydrogen) atoms. The van der Waals surface area contributed by atoms with Gasteiger partial charge in [-0.05, 0) is 25.7 Å². The minimum atomic E-state index is -0.859. The Kier molecular flexibility index (Phi) is 6.62. The van der Waals surface area contributed by atoms with Gasteiger partial charge >= 0.3 is 12.0 Å². The van der Waals surface area contributed by atoms with E-state index >= 15 is 0 Å². The van der Waals surface area contributed by atoms with Crippen LogP contribution in [0.15, 0.2) is 0 Å². The van der Waals surface area contributed by atoms with Crippen LogP contribution in [-0.2, 0) is 9.53 Å². The zero-order valence-electron chi connectivity index (χ0n) is 11.5. The Balaban J connectivity index is 2.29. The normalized spacial score (nSPS) is 17.1. The maximum atomic E-state index is 11.8. The summed E-state index contributed by atoms with van der Waals surface area (Å²) in [6.07, 6.45) is 5.20. The molecule has 2 amide bonds. The topological polar surface area (TPSA) is 87.7 Å². The van der Waals surface area contributed by atoms with Crippen LogP contribution in [0.1, 0.15) is 44.9 Å². The van der Waals surface area contributed by atoms with Gasteiger partial charge in [0.15, 0.2) is 0 Å². The summed E-state index contributed by atoms with van der Waals surface area (Å²) < 4.78 is 4.92. The molecule has 110 valence electrons. The highest BCUT2D eigenvalue weighted by Crippen LogP contribution is 2.32. The van der Waals surface area contributed by atoms with E-state index in [1.807, 2.05) is 0 Å². The lowest BCUT2D eigenvalue weighted by atomic mass is 9.93. The van der Waals surface area contributed by atoms with E-state index in [9.17, 15) is 9.59 Å². The Morgan fingerprint density at radius 3 is 2.53 bits per heavy atom. The van der Waals surface area contributed by atoms with E-state index in [4.69, 9.17) is 9.84 Å². The highest BCUT2D eigenvalue weighted by molar-refractivity contribution is 5.76. The largest absolute Gasteiger partial charge is 0.481 e. The lowest BCUT2D eigenvalue weighted by molar-refractivity contribution is -0.138. The molecule has 0 unspecified atom stereocenters. The van der Waals surface area contributed by atoms with Crippen molar-refractivity contribution in [3.63, 3.8) is 0 Å². The molecule has 1 fully saturated rings. The van der Waals surface area contributed by atoms with Gasteiger partial charge in [0.1, 0.15) is 0 Å². The third-order valence-electron chi connectivity index (χ3n) is 3.49. The average molecular weight is 272 g/mol. The molecule has 0 aromatic carbocycles. The number of hydrogen-bond acceptors (Lipinski definition) is 3. The molecule has 0 saturated heterocycles. The number of aliphatic carboxylic acids is 1. The van der Waals surface area contributed by atoms with Crippen LogP contribution < -0.4 is 10.6 Å². The number of carboxylic acid groups (broad SMARTS) is 1. The van der Waals surface area contributed by atoms with E-state index in [0.29, 0.717) is 13.2 Å². The van der Waals surface area contributed by atoms with Gasteiger partial charge in [-0.15, -0.1) is 0 Å². The number of nitrogens with one attached hydrogen (secondary N) is 2. The summed E-state index contributed by atoms with van der Waals surface area (Å²) in [5, 5.41) is 14.6. The first-order chi connectivity index (χ1) is 9.08. The van der Waals surface area contributed by atoms with Gasteiger partial charge in [0, 0.05) is 20.3 Å². The molecule has 1 saturated carbocycles. The number of carbonyl (C=O) groups excluding carboxylic acids is 1. The van der Waals surface area contributed by atoms with Gasteiger partial charge < -0.3 is 20.5 Å². The number of ether oxygens (including phenoxy) is 1. The lowest BCUT2D eigenvalue weighted by Crippen LogP contribution is -2.51. The minimum Gasteiger partial charge on any atom is -0.481 e.